The molecule has 3 N–H and O–H groups in total. The summed E-state index contributed by atoms with van der Waals surface area (Å²) in [6, 6.07) is 19.5. The number of hydrogen-bond acceptors (Lipinski definition) is 7. The largest absolute Gasteiger partial charge is 0.494 e. The summed E-state index contributed by atoms with van der Waals surface area (Å²) in [5, 5.41) is 14.0. The van der Waals surface area contributed by atoms with Gasteiger partial charge in [-0.15, -0.1) is 21.5 Å². The van der Waals surface area contributed by atoms with E-state index >= 15 is 0 Å². The van der Waals surface area contributed by atoms with Crippen molar-refractivity contribution in [1.29, 1.82) is 0 Å². The molecule has 4 rings (SSSR count). The first-order valence-electron chi connectivity index (χ1n) is 10.5. The van der Waals surface area contributed by atoms with Crippen LogP contribution in [0.5, 0.6) is 5.75 Å². The zero-order valence-electron chi connectivity index (χ0n) is 18.4. The van der Waals surface area contributed by atoms with Crippen molar-refractivity contribution in [1.82, 2.24) is 20.2 Å². The fourth-order valence-electron chi connectivity index (χ4n) is 3.31. The molecule has 33 heavy (non-hydrogen) atoms. The van der Waals surface area contributed by atoms with Gasteiger partial charge in [-0.25, -0.2) is 4.68 Å². The standard InChI is InChI=1S/C24H25N5O2S2/c1-3-31-19-12-10-18(11-13-19)23-27-28-24(29(23)25)33-15-21(30)26-22(20-5-4-14-32-20)17-8-6-16(2)7-9-17/h4-14,22H,3,15,25H2,1-2H3,(H,26,30). The Morgan fingerprint density at radius 3 is 2.58 bits per heavy atom. The minimum Gasteiger partial charge on any atom is -0.494 e. The number of hydrogen-bond donors (Lipinski definition) is 2. The normalized spacial score (nSPS) is 11.8. The molecule has 7 nitrogen and oxygen atoms in total. The zero-order valence-corrected chi connectivity index (χ0v) is 20.0. The number of nitrogens with zero attached hydrogens (tertiary/aromatic N) is 3. The number of amides is 1. The third-order valence-corrected chi connectivity index (χ3v) is 6.84. The van der Waals surface area contributed by atoms with Crippen LogP contribution >= 0.6 is 23.1 Å². The highest BCUT2D eigenvalue weighted by molar-refractivity contribution is 7.99. The summed E-state index contributed by atoms with van der Waals surface area (Å²) < 4.78 is 6.88. The number of benzene rings is 2. The molecule has 0 spiro atoms. The molecule has 2 heterocycles. The van der Waals surface area contributed by atoms with Crippen LogP contribution in [0.25, 0.3) is 11.4 Å². The number of aryl methyl sites for hydroxylation is 1. The van der Waals surface area contributed by atoms with E-state index < -0.39 is 0 Å². The molecule has 0 bridgehead atoms. The summed E-state index contributed by atoms with van der Waals surface area (Å²) in [5.41, 5.74) is 3.04. The Labute approximate surface area is 201 Å². The first-order chi connectivity index (χ1) is 16.0. The van der Waals surface area contributed by atoms with Crippen molar-refractivity contribution in [2.24, 2.45) is 0 Å². The number of nitrogen functional groups attached to an aromatic ring is 1. The average Bonchev–Trinajstić information content (AvgIpc) is 3.48. The summed E-state index contributed by atoms with van der Waals surface area (Å²) in [7, 11) is 0. The third-order valence-electron chi connectivity index (χ3n) is 4.96. The van der Waals surface area contributed by atoms with Crippen molar-refractivity contribution in [3.05, 3.63) is 82.0 Å². The lowest BCUT2D eigenvalue weighted by Gasteiger charge is -2.18. The van der Waals surface area contributed by atoms with E-state index in [9.17, 15) is 4.79 Å². The first-order valence-corrected chi connectivity index (χ1v) is 12.4. The molecule has 0 aliphatic carbocycles. The molecule has 9 heteroatoms. The van der Waals surface area contributed by atoms with Crippen LogP contribution in [0.4, 0.5) is 0 Å². The van der Waals surface area contributed by atoms with Crippen molar-refractivity contribution in [3.8, 4) is 17.1 Å². The van der Waals surface area contributed by atoms with Crippen LogP contribution in [0, 0.1) is 6.92 Å². The highest BCUT2D eigenvalue weighted by Gasteiger charge is 2.19. The van der Waals surface area contributed by atoms with Gasteiger partial charge in [-0.3, -0.25) is 4.79 Å². The summed E-state index contributed by atoms with van der Waals surface area (Å²) in [5.74, 6) is 7.58. The molecular formula is C24H25N5O2S2. The number of thiophene rings is 1. The second-order valence-corrected chi connectivity index (χ2v) is 9.27. The van der Waals surface area contributed by atoms with E-state index in [0.29, 0.717) is 17.6 Å². The third kappa shape index (κ3) is 5.55. The minimum atomic E-state index is -0.200. The van der Waals surface area contributed by atoms with Crippen LogP contribution in [0.2, 0.25) is 0 Å². The summed E-state index contributed by atoms with van der Waals surface area (Å²) in [6.45, 7) is 4.59. The SMILES string of the molecule is CCOc1ccc(-c2nnc(SCC(=O)NC(c3ccc(C)cc3)c3cccs3)n2N)cc1. The van der Waals surface area contributed by atoms with Gasteiger partial charge >= 0.3 is 0 Å². The van der Waals surface area contributed by atoms with Gasteiger partial charge in [0, 0.05) is 10.4 Å². The topological polar surface area (TPSA) is 95.1 Å². The lowest BCUT2D eigenvalue weighted by atomic mass is 10.0. The number of nitrogens with one attached hydrogen (secondary N) is 1. The molecule has 0 radical (unpaired) electrons. The average molecular weight is 480 g/mol. The number of aromatic nitrogens is 3. The maximum atomic E-state index is 12.8. The first kappa shape index (κ1) is 22.9. The van der Waals surface area contributed by atoms with Gasteiger partial charge in [-0.2, -0.15) is 0 Å². The van der Waals surface area contributed by atoms with Gasteiger partial charge in [-0.05, 0) is 55.1 Å². The van der Waals surface area contributed by atoms with Crippen LogP contribution in [-0.4, -0.2) is 33.1 Å². The van der Waals surface area contributed by atoms with Crippen molar-refractivity contribution < 1.29 is 9.53 Å². The van der Waals surface area contributed by atoms with Gasteiger partial charge in [0.2, 0.25) is 11.1 Å². The Morgan fingerprint density at radius 1 is 1.15 bits per heavy atom. The highest BCUT2D eigenvalue weighted by Crippen LogP contribution is 2.27. The number of thioether (sulfide) groups is 1. The van der Waals surface area contributed by atoms with Crippen molar-refractivity contribution in [2.75, 3.05) is 18.2 Å². The predicted octanol–water partition coefficient (Wildman–Crippen LogP) is 4.43. The predicted molar refractivity (Wildman–Crippen MR) is 133 cm³/mol. The number of rotatable bonds is 9. The Hall–Kier alpha value is -3.30. The molecule has 0 saturated heterocycles. The van der Waals surface area contributed by atoms with Crippen LogP contribution < -0.4 is 15.9 Å². The summed E-state index contributed by atoms with van der Waals surface area (Å²) in [4.78, 5) is 13.9. The maximum Gasteiger partial charge on any atom is 0.231 e. The van der Waals surface area contributed by atoms with Crippen LogP contribution in [0.3, 0.4) is 0 Å². The molecular weight excluding hydrogens is 454 g/mol. The van der Waals surface area contributed by atoms with Crippen molar-refractivity contribution in [3.63, 3.8) is 0 Å². The van der Waals surface area contributed by atoms with Crippen molar-refractivity contribution in [2.45, 2.75) is 25.0 Å². The van der Waals surface area contributed by atoms with Gasteiger partial charge in [0.1, 0.15) is 5.75 Å². The monoisotopic (exact) mass is 479 g/mol. The minimum absolute atomic E-state index is 0.107. The van der Waals surface area contributed by atoms with E-state index in [2.05, 4.69) is 27.6 Å². The molecule has 1 atom stereocenters. The van der Waals surface area contributed by atoms with Gasteiger partial charge in [0.15, 0.2) is 5.82 Å². The lowest BCUT2D eigenvalue weighted by Crippen LogP contribution is -2.30. The van der Waals surface area contributed by atoms with Crippen molar-refractivity contribution >= 4 is 29.0 Å². The number of nitrogens with two attached hydrogens (primary N) is 1. The second kappa shape index (κ2) is 10.5. The van der Waals surface area contributed by atoms with Crippen LogP contribution in [0.15, 0.2) is 71.2 Å². The second-order valence-electron chi connectivity index (χ2n) is 7.35. The number of carbonyl (C=O) groups is 1. The van der Waals surface area contributed by atoms with Gasteiger partial charge in [0.05, 0.1) is 18.4 Å². The molecule has 2 aromatic carbocycles. The molecule has 0 fully saturated rings. The molecule has 1 unspecified atom stereocenters. The van der Waals surface area contributed by atoms with Gasteiger partial charge in [-0.1, -0.05) is 47.7 Å². The summed E-state index contributed by atoms with van der Waals surface area (Å²) >= 11 is 2.87. The van der Waals surface area contributed by atoms with Gasteiger partial charge in [0.25, 0.3) is 0 Å². The molecule has 0 aliphatic heterocycles. The van der Waals surface area contributed by atoms with E-state index in [1.54, 1.807) is 11.3 Å². The Balaban J connectivity index is 1.42. The lowest BCUT2D eigenvalue weighted by molar-refractivity contribution is -0.119. The molecule has 1 amide bonds. The molecule has 170 valence electrons. The smallest absolute Gasteiger partial charge is 0.231 e. The molecule has 0 saturated carbocycles. The van der Waals surface area contributed by atoms with E-state index in [0.717, 1.165) is 21.8 Å². The highest BCUT2D eigenvalue weighted by atomic mass is 32.2. The van der Waals surface area contributed by atoms with Gasteiger partial charge < -0.3 is 15.9 Å². The van der Waals surface area contributed by atoms with E-state index in [4.69, 9.17) is 10.6 Å². The Kier molecular flexibility index (Phi) is 7.31. The maximum absolute atomic E-state index is 12.8. The summed E-state index contributed by atoms with van der Waals surface area (Å²) in [6.07, 6.45) is 0. The molecule has 4 aromatic rings. The fraction of sp³-hybridized carbons (Fsp3) is 0.208. The molecule has 2 aromatic heterocycles. The van der Waals surface area contributed by atoms with Crippen LogP contribution in [0.1, 0.15) is 29.0 Å². The Morgan fingerprint density at radius 2 is 1.91 bits per heavy atom. The fourth-order valence-corrected chi connectivity index (χ4v) is 4.78. The Bertz CT molecular complexity index is 1190. The van der Waals surface area contributed by atoms with E-state index in [1.807, 2.05) is 67.8 Å². The number of ether oxygens (including phenoxy) is 1. The molecule has 0 aliphatic rings. The number of carbonyl (C=O) groups excluding carboxylic acids is 1. The van der Waals surface area contributed by atoms with Crippen LogP contribution in [-0.2, 0) is 4.79 Å². The van der Waals surface area contributed by atoms with E-state index in [1.165, 1.54) is 22.0 Å². The zero-order chi connectivity index (χ0) is 23.2. The van der Waals surface area contributed by atoms with E-state index in [-0.39, 0.29) is 17.7 Å². The quantitative estimate of drug-likeness (QED) is 0.272.